The average molecular weight is 395 g/mol. The maximum absolute atomic E-state index is 12.3. The molecule has 0 unspecified atom stereocenters. The molecule has 0 radical (unpaired) electrons. The Bertz CT molecular complexity index is 903. The number of halogens is 1. The molecular weight excluding hydrogens is 372 g/mol. The Morgan fingerprint density at radius 2 is 1.77 bits per heavy atom. The van der Waals surface area contributed by atoms with Gasteiger partial charge in [-0.15, -0.1) is 0 Å². The summed E-state index contributed by atoms with van der Waals surface area (Å²) in [6, 6.07) is 10.9. The second kappa shape index (κ2) is 8.10. The zero-order valence-electron chi connectivity index (χ0n) is 15.3. The Kier molecular flexibility index (Phi) is 6.31. The number of anilines is 1. The lowest BCUT2D eigenvalue weighted by molar-refractivity contribution is 0.0954. The predicted molar refractivity (Wildman–Crippen MR) is 107 cm³/mol. The van der Waals surface area contributed by atoms with Crippen molar-refractivity contribution in [2.75, 3.05) is 23.7 Å². The summed E-state index contributed by atoms with van der Waals surface area (Å²) in [6.45, 7) is 5.84. The van der Waals surface area contributed by atoms with Gasteiger partial charge >= 0.3 is 0 Å². The van der Waals surface area contributed by atoms with Crippen molar-refractivity contribution in [1.82, 2.24) is 5.32 Å². The van der Waals surface area contributed by atoms with Crippen LogP contribution in [0.4, 0.5) is 5.69 Å². The molecule has 140 valence electrons. The second-order valence-corrected chi connectivity index (χ2v) is 8.63. The van der Waals surface area contributed by atoms with Crippen LogP contribution in [0.25, 0.3) is 0 Å². The average Bonchev–Trinajstić information content (AvgIpc) is 2.51. The van der Waals surface area contributed by atoms with E-state index in [1.165, 1.54) is 4.31 Å². The van der Waals surface area contributed by atoms with Gasteiger partial charge in [-0.05, 0) is 49.6 Å². The molecule has 7 heteroatoms. The molecule has 0 heterocycles. The molecule has 1 amide bonds. The SMILES string of the molecule is Cc1cc(C)c(N(CCNC(=O)c2ccccc2C)S(C)(=O)=O)c(Cl)c1. The molecule has 0 saturated carbocycles. The van der Waals surface area contributed by atoms with Gasteiger partial charge in [0.2, 0.25) is 10.0 Å². The number of rotatable bonds is 6. The van der Waals surface area contributed by atoms with Crippen molar-refractivity contribution in [3.8, 4) is 0 Å². The summed E-state index contributed by atoms with van der Waals surface area (Å²) < 4.78 is 25.8. The minimum atomic E-state index is -3.55. The highest BCUT2D eigenvalue weighted by Gasteiger charge is 2.22. The Morgan fingerprint density at radius 1 is 1.12 bits per heavy atom. The van der Waals surface area contributed by atoms with Crippen molar-refractivity contribution >= 4 is 33.2 Å². The summed E-state index contributed by atoms with van der Waals surface area (Å²) in [5, 5.41) is 3.15. The minimum Gasteiger partial charge on any atom is -0.350 e. The summed E-state index contributed by atoms with van der Waals surface area (Å²) >= 11 is 6.30. The maximum atomic E-state index is 12.3. The van der Waals surface area contributed by atoms with Crippen molar-refractivity contribution in [2.24, 2.45) is 0 Å². The molecule has 0 atom stereocenters. The minimum absolute atomic E-state index is 0.0973. The standard InChI is InChI=1S/C19H23ClN2O3S/c1-13-11-15(3)18(17(20)12-13)22(26(4,24)25)10-9-21-19(23)16-8-6-5-7-14(16)2/h5-8,11-12H,9-10H2,1-4H3,(H,21,23). The van der Waals surface area contributed by atoms with Gasteiger partial charge in [0.1, 0.15) is 0 Å². The summed E-state index contributed by atoms with van der Waals surface area (Å²) in [5.74, 6) is -0.233. The number of carbonyl (C=O) groups is 1. The first-order valence-corrected chi connectivity index (χ1v) is 10.4. The van der Waals surface area contributed by atoms with Crippen LogP contribution in [0.1, 0.15) is 27.0 Å². The van der Waals surface area contributed by atoms with Gasteiger partial charge in [-0.2, -0.15) is 0 Å². The van der Waals surface area contributed by atoms with Crippen LogP contribution in [0.5, 0.6) is 0 Å². The molecule has 0 spiro atoms. The molecule has 2 aromatic carbocycles. The summed E-state index contributed by atoms with van der Waals surface area (Å²) in [4.78, 5) is 12.3. The molecule has 0 aromatic heterocycles. The number of aryl methyl sites for hydroxylation is 3. The molecule has 1 N–H and O–H groups in total. The van der Waals surface area contributed by atoms with E-state index in [2.05, 4.69) is 5.32 Å². The van der Waals surface area contributed by atoms with E-state index < -0.39 is 10.0 Å². The van der Waals surface area contributed by atoms with Crippen molar-refractivity contribution < 1.29 is 13.2 Å². The van der Waals surface area contributed by atoms with Gasteiger partial charge in [0.25, 0.3) is 5.91 Å². The molecule has 2 rings (SSSR count). The zero-order chi connectivity index (χ0) is 19.5. The van der Waals surface area contributed by atoms with E-state index >= 15 is 0 Å². The lowest BCUT2D eigenvalue weighted by Gasteiger charge is -2.25. The molecule has 0 bridgehead atoms. The number of benzene rings is 2. The largest absolute Gasteiger partial charge is 0.350 e. The number of hydrogen-bond donors (Lipinski definition) is 1. The van der Waals surface area contributed by atoms with Gasteiger partial charge in [0.05, 0.1) is 23.5 Å². The van der Waals surface area contributed by atoms with E-state index in [1.807, 2.05) is 39.0 Å². The van der Waals surface area contributed by atoms with E-state index in [-0.39, 0.29) is 19.0 Å². The van der Waals surface area contributed by atoms with E-state index in [9.17, 15) is 13.2 Å². The van der Waals surface area contributed by atoms with E-state index in [4.69, 9.17) is 11.6 Å². The van der Waals surface area contributed by atoms with Crippen LogP contribution in [-0.2, 0) is 10.0 Å². The van der Waals surface area contributed by atoms with Gasteiger partial charge in [0, 0.05) is 12.1 Å². The third-order valence-electron chi connectivity index (χ3n) is 4.04. The molecule has 5 nitrogen and oxygen atoms in total. The number of nitrogens with one attached hydrogen (secondary N) is 1. The molecule has 0 aliphatic heterocycles. The molecule has 0 saturated heterocycles. The first-order valence-electron chi connectivity index (χ1n) is 8.19. The number of sulfonamides is 1. The van der Waals surface area contributed by atoms with Crippen molar-refractivity contribution in [3.63, 3.8) is 0 Å². The Morgan fingerprint density at radius 3 is 2.35 bits per heavy atom. The van der Waals surface area contributed by atoms with E-state index in [0.717, 1.165) is 22.9 Å². The van der Waals surface area contributed by atoms with Crippen LogP contribution in [0.3, 0.4) is 0 Å². The van der Waals surface area contributed by atoms with Crippen molar-refractivity contribution in [1.29, 1.82) is 0 Å². The predicted octanol–water partition coefficient (Wildman–Crippen LogP) is 3.46. The molecular formula is C19H23ClN2O3S. The quantitative estimate of drug-likeness (QED) is 0.815. The maximum Gasteiger partial charge on any atom is 0.251 e. The normalized spacial score (nSPS) is 11.3. The fraction of sp³-hybridized carbons (Fsp3) is 0.316. The van der Waals surface area contributed by atoms with Crippen LogP contribution >= 0.6 is 11.6 Å². The van der Waals surface area contributed by atoms with Gasteiger partial charge in [-0.25, -0.2) is 8.42 Å². The Hall–Kier alpha value is -2.05. The number of amides is 1. The van der Waals surface area contributed by atoms with Gasteiger partial charge < -0.3 is 5.32 Å². The van der Waals surface area contributed by atoms with E-state index in [0.29, 0.717) is 16.3 Å². The second-order valence-electron chi connectivity index (χ2n) is 6.32. The summed E-state index contributed by atoms with van der Waals surface area (Å²) in [7, 11) is -3.55. The lowest BCUT2D eigenvalue weighted by Crippen LogP contribution is -2.38. The van der Waals surface area contributed by atoms with Gasteiger partial charge in [0.15, 0.2) is 0 Å². The van der Waals surface area contributed by atoms with Crippen LogP contribution in [0.2, 0.25) is 5.02 Å². The first kappa shape index (κ1) is 20.3. The Balaban J connectivity index is 2.19. The lowest BCUT2D eigenvalue weighted by atomic mass is 10.1. The molecule has 0 aliphatic rings. The Labute approximate surface area is 160 Å². The molecule has 0 aliphatic carbocycles. The topological polar surface area (TPSA) is 66.5 Å². The van der Waals surface area contributed by atoms with Crippen LogP contribution in [-0.4, -0.2) is 33.7 Å². The summed E-state index contributed by atoms with van der Waals surface area (Å²) in [6.07, 6.45) is 1.13. The molecule has 26 heavy (non-hydrogen) atoms. The third-order valence-corrected chi connectivity index (χ3v) is 5.49. The molecule has 0 fully saturated rings. The highest BCUT2D eigenvalue weighted by atomic mass is 35.5. The van der Waals surface area contributed by atoms with Crippen LogP contribution < -0.4 is 9.62 Å². The number of carbonyl (C=O) groups excluding carboxylic acids is 1. The highest BCUT2D eigenvalue weighted by Crippen LogP contribution is 2.32. The smallest absolute Gasteiger partial charge is 0.251 e. The highest BCUT2D eigenvalue weighted by molar-refractivity contribution is 7.92. The number of hydrogen-bond acceptors (Lipinski definition) is 3. The first-order chi connectivity index (χ1) is 12.1. The monoisotopic (exact) mass is 394 g/mol. The van der Waals surface area contributed by atoms with Crippen LogP contribution in [0.15, 0.2) is 36.4 Å². The van der Waals surface area contributed by atoms with E-state index in [1.54, 1.807) is 18.2 Å². The fourth-order valence-corrected chi connectivity index (χ4v) is 4.33. The number of nitrogens with zero attached hydrogens (tertiary/aromatic N) is 1. The van der Waals surface area contributed by atoms with Gasteiger partial charge in [-0.1, -0.05) is 35.9 Å². The zero-order valence-corrected chi connectivity index (χ0v) is 16.9. The fourth-order valence-electron chi connectivity index (χ4n) is 2.86. The molecule has 2 aromatic rings. The van der Waals surface area contributed by atoms with Crippen molar-refractivity contribution in [3.05, 3.63) is 63.7 Å². The van der Waals surface area contributed by atoms with Crippen molar-refractivity contribution in [2.45, 2.75) is 20.8 Å². The van der Waals surface area contributed by atoms with Crippen LogP contribution in [0, 0.1) is 20.8 Å². The summed E-state index contributed by atoms with van der Waals surface area (Å²) in [5.41, 5.74) is 3.61. The van der Waals surface area contributed by atoms with Gasteiger partial charge in [-0.3, -0.25) is 9.10 Å². The third kappa shape index (κ3) is 4.77.